The fourth-order valence-electron chi connectivity index (χ4n) is 3.11. The van der Waals surface area contributed by atoms with Crippen molar-refractivity contribution < 1.29 is 18.3 Å². The van der Waals surface area contributed by atoms with Gasteiger partial charge in [0.05, 0.1) is 16.3 Å². The number of nitrogens with one attached hydrogen (secondary N) is 2. The van der Waals surface area contributed by atoms with Gasteiger partial charge in [0.2, 0.25) is 5.91 Å². The second-order valence-electron chi connectivity index (χ2n) is 8.56. The van der Waals surface area contributed by atoms with Crippen LogP contribution in [0.1, 0.15) is 20.8 Å². The Morgan fingerprint density at radius 2 is 1.61 bits per heavy atom. The van der Waals surface area contributed by atoms with Crippen molar-refractivity contribution in [3.05, 3.63) is 54.6 Å². The van der Waals surface area contributed by atoms with E-state index < -0.39 is 15.4 Å². The maximum absolute atomic E-state index is 13.1. The van der Waals surface area contributed by atoms with Gasteiger partial charge < -0.3 is 15.3 Å². The molecule has 0 unspecified atom stereocenters. The van der Waals surface area contributed by atoms with Crippen molar-refractivity contribution in [3.63, 3.8) is 0 Å². The minimum Gasteiger partial charge on any atom is -0.506 e. The highest BCUT2D eigenvalue weighted by molar-refractivity contribution is 7.93. The highest BCUT2D eigenvalue weighted by Gasteiger charge is 2.23. The van der Waals surface area contributed by atoms with Crippen LogP contribution in [0.4, 0.5) is 17.1 Å². The zero-order valence-electron chi connectivity index (χ0n) is 18.2. The van der Waals surface area contributed by atoms with Crippen LogP contribution in [-0.4, -0.2) is 33.5 Å². The van der Waals surface area contributed by atoms with Gasteiger partial charge in [-0.2, -0.15) is 0 Å². The SMILES string of the molecule is CN(C)c1cccc2c(S(=O)(=O)Nc3ccc(NC(=O)C(C)(C)C)c(O)c3)cccc12. The molecule has 3 aromatic carbocycles. The van der Waals surface area contributed by atoms with E-state index in [0.717, 1.165) is 11.1 Å². The minimum atomic E-state index is -3.93. The molecule has 0 saturated heterocycles. The van der Waals surface area contributed by atoms with Gasteiger partial charge in [-0.15, -0.1) is 0 Å². The Labute approximate surface area is 182 Å². The summed E-state index contributed by atoms with van der Waals surface area (Å²) in [5.74, 6) is -0.491. The van der Waals surface area contributed by atoms with Crippen molar-refractivity contribution in [1.82, 2.24) is 0 Å². The number of carbonyl (C=O) groups excluding carboxylic acids is 1. The normalized spacial score (nSPS) is 11.9. The molecule has 164 valence electrons. The fraction of sp³-hybridized carbons (Fsp3) is 0.261. The molecule has 0 fully saturated rings. The molecule has 0 heterocycles. The summed E-state index contributed by atoms with van der Waals surface area (Å²) in [5.41, 5.74) is 0.675. The van der Waals surface area contributed by atoms with E-state index in [2.05, 4.69) is 10.0 Å². The van der Waals surface area contributed by atoms with Gasteiger partial charge in [-0.1, -0.05) is 45.0 Å². The molecule has 0 atom stereocenters. The standard InChI is InChI=1S/C23H27N3O4S/c1-23(2,3)22(28)24-18-13-12-15(14-20(18)27)25-31(29,30)21-11-7-8-16-17(21)9-6-10-19(16)26(4)5/h6-14,25,27H,1-5H3,(H,24,28). The summed E-state index contributed by atoms with van der Waals surface area (Å²) < 4.78 is 28.8. The van der Waals surface area contributed by atoms with Crippen LogP contribution in [0, 0.1) is 5.41 Å². The summed E-state index contributed by atoms with van der Waals surface area (Å²) in [6.07, 6.45) is 0. The molecule has 7 nitrogen and oxygen atoms in total. The number of rotatable bonds is 5. The van der Waals surface area contributed by atoms with Crippen molar-refractivity contribution in [3.8, 4) is 5.75 Å². The molecule has 1 amide bonds. The summed E-state index contributed by atoms with van der Waals surface area (Å²) in [4.78, 5) is 14.2. The van der Waals surface area contributed by atoms with Crippen LogP contribution in [0.15, 0.2) is 59.5 Å². The number of anilines is 3. The van der Waals surface area contributed by atoms with Crippen molar-refractivity contribution in [1.29, 1.82) is 0 Å². The number of hydrogen-bond donors (Lipinski definition) is 3. The zero-order chi connectivity index (χ0) is 23.0. The molecule has 0 bridgehead atoms. The Morgan fingerprint density at radius 1 is 0.968 bits per heavy atom. The van der Waals surface area contributed by atoms with E-state index in [1.165, 1.54) is 18.2 Å². The number of nitrogens with zero attached hydrogens (tertiary/aromatic N) is 1. The Kier molecular flexibility index (Phi) is 5.87. The number of hydrogen-bond acceptors (Lipinski definition) is 5. The molecule has 3 N–H and O–H groups in total. The molecule has 0 saturated carbocycles. The lowest BCUT2D eigenvalue weighted by Gasteiger charge is -2.19. The lowest BCUT2D eigenvalue weighted by Crippen LogP contribution is -2.27. The summed E-state index contributed by atoms with van der Waals surface area (Å²) in [6.45, 7) is 5.27. The Hall–Kier alpha value is -3.26. The van der Waals surface area contributed by atoms with Crippen LogP contribution < -0.4 is 14.9 Å². The molecule has 0 aromatic heterocycles. The van der Waals surface area contributed by atoms with Crippen molar-refractivity contribution in [2.75, 3.05) is 29.0 Å². The van der Waals surface area contributed by atoms with Crippen molar-refractivity contribution in [2.45, 2.75) is 25.7 Å². The summed E-state index contributed by atoms with van der Waals surface area (Å²) in [6, 6.07) is 14.8. The maximum atomic E-state index is 13.1. The molecule has 8 heteroatoms. The van der Waals surface area contributed by atoms with Crippen LogP contribution in [0.25, 0.3) is 10.8 Å². The van der Waals surface area contributed by atoms with Gasteiger partial charge in [0.1, 0.15) is 5.75 Å². The van der Waals surface area contributed by atoms with Gasteiger partial charge in [-0.25, -0.2) is 8.42 Å². The molecular formula is C23H27N3O4S. The average Bonchev–Trinajstić information content (AvgIpc) is 2.67. The molecule has 3 rings (SSSR count). The molecule has 0 aliphatic heterocycles. The third-order valence-corrected chi connectivity index (χ3v) is 6.25. The smallest absolute Gasteiger partial charge is 0.262 e. The number of fused-ring (bicyclic) bond motifs is 1. The van der Waals surface area contributed by atoms with Gasteiger partial charge in [0, 0.05) is 42.0 Å². The third-order valence-electron chi connectivity index (χ3n) is 4.81. The topological polar surface area (TPSA) is 98.7 Å². The predicted molar refractivity (Wildman–Crippen MR) is 125 cm³/mol. The van der Waals surface area contributed by atoms with Crippen LogP contribution in [0.5, 0.6) is 5.75 Å². The molecule has 0 aliphatic carbocycles. The number of sulfonamides is 1. The number of phenols is 1. The molecule has 3 aromatic rings. The van der Waals surface area contributed by atoms with E-state index in [0.29, 0.717) is 5.39 Å². The number of carbonyl (C=O) groups is 1. The minimum absolute atomic E-state index is 0.137. The highest BCUT2D eigenvalue weighted by Crippen LogP contribution is 2.33. The van der Waals surface area contributed by atoms with Gasteiger partial charge in [0.15, 0.2) is 0 Å². The van der Waals surface area contributed by atoms with Crippen molar-refractivity contribution >= 4 is 43.8 Å². The first-order valence-electron chi connectivity index (χ1n) is 9.76. The highest BCUT2D eigenvalue weighted by atomic mass is 32.2. The predicted octanol–water partition coefficient (Wildman–Crippen LogP) is 4.40. The third kappa shape index (κ3) is 4.74. The monoisotopic (exact) mass is 441 g/mol. The zero-order valence-corrected chi connectivity index (χ0v) is 19.0. The molecule has 0 radical (unpaired) electrons. The van der Waals surface area contributed by atoms with E-state index in [1.807, 2.05) is 37.2 Å². The molecule has 0 aliphatic rings. The first-order chi connectivity index (χ1) is 14.4. The van der Waals surface area contributed by atoms with Crippen LogP contribution >= 0.6 is 0 Å². The average molecular weight is 442 g/mol. The Bertz CT molecular complexity index is 1250. The summed E-state index contributed by atoms with van der Waals surface area (Å²) >= 11 is 0. The molecule has 31 heavy (non-hydrogen) atoms. The van der Waals surface area contributed by atoms with Gasteiger partial charge in [-0.05, 0) is 24.3 Å². The van der Waals surface area contributed by atoms with Gasteiger partial charge in [0.25, 0.3) is 10.0 Å². The summed E-state index contributed by atoms with van der Waals surface area (Å²) in [5, 5.41) is 14.3. The lowest BCUT2D eigenvalue weighted by atomic mass is 9.95. The maximum Gasteiger partial charge on any atom is 0.262 e. The quantitative estimate of drug-likeness (QED) is 0.510. The van der Waals surface area contributed by atoms with Crippen LogP contribution in [0.3, 0.4) is 0 Å². The lowest BCUT2D eigenvalue weighted by molar-refractivity contribution is -0.123. The number of benzene rings is 3. The second kappa shape index (κ2) is 8.11. The second-order valence-corrected chi connectivity index (χ2v) is 10.2. The molecular weight excluding hydrogens is 414 g/mol. The molecule has 0 spiro atoms. The number of amides is 1. The number of aromatic hydroxyl groups is 1. The first-order valence-corrected chi connectivity index (χ1v) is 11.2. The van der Waals surface area contributed by atoms with E-state index in [9.17, 15) is 18.3 Å². The van der Waals surface area contributed by atoms with E-state index in [-0.39, 0.29) is 27.9 Å². The number of phenolic OH excluding ortho intramolecular Hbond substituents is 1. The van der Waals surface area contributed by atoms with Crippen molar-refractivity contribution in [2.24, 2.45) is 5.41 Å². The van der Waals surface area contributed by atoms with Gasteiger partial charge in [-0.3, -0.25) is 9.52 Å². The van der Waals surface area contributed by atoms with Crippen LogP contribution in [0.2, 0.25) is 0 Å². The van der Waals surface area contributed by atoms with E-state index >= 15 is 0 Å². The largest absolute Gasteiger partial charge is 0.506 e. The Morgan fingerprint density at radius 3 is 2.23 bits per heavy atom. The Balaban J connectivity index is 1.94. The first kappa shape index (κ1) is 22.4. The van der Waals surface area contributed by atoms with E-state index in [1.54, 1.807) is 39.0 Å². The fourth-order valence-corrected chi connectivity index (χ4v) is 4.38. The summed E-state index contributed by atoms with van der Waals surface area (Å²) in [7, 11) is -0.126. The van der Waals surface area contributed by atoms with Crippen LogP contribution in [-0.2, 0) is 14.8 Å². The van der Waals surface area contributed by atoms with Gasteiger partial charge >= 0.3 is 0 Å². The van der Waals surface area contributed by atoms with E-state index in [4.69, 9.17) is 0 Å².